The van der Waals surface area contributed by atoms with Gasteiger partial charge in [0.2, 0.25) is 0 Å². The molecule has 4 N–H and O–H groups in total. The van der Waals surface area contributed by atoms with Crippen LogP contribution in [-0.4, -0.2) is 25.2 Å². The average Bonchev–Trinajstić information content (AvgIpc) is 3.06. The maximum atomic E-state index is 5.68. The topological polar surface area (TPSA) is 55.3 Å². The van der Waals surface area contributed by atoms with Crippen LogP contribution in [0.4, 0.5) is 5.69 Å². The van der Waals surface area contributed by atoms with Gasteiger partial charge in [-0.05, 0) is 56.0 Å². The van der Waals surface area contributed by atoms with Crippen LogP contribution in [0.5, 0.6) is 0 Å². The van der Waals surface area contributed by atoms with E-state index in [1.54, 1.807) is 0 Å². The smallest absolute Gasteiger partial charge is 0.0452 e. The van der Waals surface area contributed by atoms with Crippen LogP contribution in [0.3, 0.4) is 0 Å². The summed E-state index contributed by atoms with van der Waals surface area (Å²) in [6.07, 6.45) is 2.57. The zero-order chi connectivity index (χ0) is 11.5. The molecule has 1 aromatic rings. The number of nitrogen functional groups attached to an aromatic ring is 1. The summed E-state index contributed by atoms with van der Waals surface area (Å²) in [6.45, 7) is 1.76. The molecule has 0 spiro atoms. The minimum absolute atomic E-state index is 0.652. The predicted octanol–water partition coefficient (Wildman–Crippen LogP) is 1.61. The van der Waals surface area contributed by atoms with E-state index in [1.165, 1.54) is 18.4 Å². The van der Waals surface area contributed by atoms with Crippen molar-refractivity contribution in [2.45, 2.75) is 18.8 Å². The minimum atomic E-state index is 0.652. The molecule has 1 aromatic carbocycles. The second-order valence-corrected chi connectivity index (χ2v) is 4.82. The molecule has 0 radical (unpaired) electrons. The Morgan fingerprint density at radius 1 is 1.31 bits per heavy atom. The number of nitrogens with zero attached hydrogens (tertiary/aromatic N) is 1. The van der Waals surface area contributed by atoms with Crippen molar-refractivity contribution in [3.8, 4) is 0 Å². The molecule has 0 aliphatic heterocycles. The van der Waals surface area contributed by atoms with Crippen molar-refractivity contribution in [3.05, 3.63) is 29.8 Å². The summed E-state index contributed by atoms with van der Waals surface area (Å²) in [7, 11) is 2.07. The van der Waals surface area contributed by atoms with Crippen molar-refractivity contribution >= 4 is 5.69 Å². The first-order chi connectivity index (χ1) is 7.70. The Labute approximate surface area is 97.4 Å². The average molecular weight is 219 g/mol. The molecule has 0 heterocycles. The largest absolute Gasteiger partial charge is 0.399 e. The van der Waals surface area contributed by atoms with Gasteiger partial charge in [-0.2, -0.15) is 0 Å². The number of nitrogens with two attached hydrogens (primary N) is 2. The molecular weight excluding hydrogens is 198 g/mol. The van der Waals surface area contributed by atoms with Crippen LogP contribution in [-0.2, 0) is 0 Å². The van der Waals surface area contributed by atoms with Gasteiger partial charge in [-0.25, -0.2) is 0 Å². The predicted molar refractivity (Wildman–Crippen MR) is 68.0 cm³/mol. The van der Waals surface area contributed by atoms with Gasteiger partial charge in [-0.3, -0.25) is 4.90 Å². The third kappa shape index (κ3) is 2.74. The van der Waals surface area contributed by atoms with Crippen LogP contribution < -0.4 is 11.5 Å². The van der Waals surface area contributed by atoms with Crippen LogP contribution in [0.25, 0.3) is 0 Å². The maximum Gasteiger partial charge on any atom is 0.0452 e. The summed E-state index contributed by atoms with van der Waals surface area (Å²) in [5, 5.41) is 0. The molecule has 0 aromatic heterocycles. The van der Waals surface area contributed by atoms with Crippen LogP contribution in [0.1, 0.15) is 24.3 Å². The number of hydrogen-bond donors (Lipinski definition) is 2. The Morgan fingerprint density at radius 3 is 2.62 bits per heavy atom. The minimum Gasteiger partial charge on any atom is -0.399 e. The summed E-state index contributed by atoms with van der Waals surface area (Å²) >= 11 is 0. The van der Waals surface area contributed by atoms with Gasteiger partial charge in [0.1, 0.15) is 0 Å². The molecule has 0 amide bonds. The maximum absolute atomic E-state index is 5.68. The standard InChI is InChI=1S/C13H21N3/c1-16(9-14)7-6-11-8-13(11)10-2-4-12(15)5-3-10/h2-5,11,13H,6-9,14-15H2,1H3/t11-,13?/m1/s1. The van der Waals surface area contributed by atoms with Crippen LogP contribution in [0, 0.1) is 5.92 Å². The van der Waals surface area contributed by atoms with Gasteiger partial charge in [-0.1, -0.05) is 12.1 Å². The first kappa shape index (κ1) is 11.4. The molecule has 3 nitrogen and oxygen atoms in total. The van der Waals surface area contributed by atoms with Crippen molar-refractivity contribution < 1.29 is 0 Å². The van der Waals surface area contributed by atoms with E-state index in [1.807, 2.05) is 12.1 Å². The van der Waals surface area contributed by atoms with Gasteiger partial charge in [-0.15, -0.1) is 0 Å². The summed E-state index contributed by atoms with van der Waals surface area (Å²) in [5.74, 6) is 1.60. The highest BCUT2D eigenvalue weighted by molar-refractivity contribution is 5.41. The molecule has 0 bridgehead atoms. The first-order valence-corrected chi connectivity index (χ1v) is 5.94. The fraction of sp³-hybridized carbons (Fsp3) is 0.538. The van der Waals surface area contributed by atoms with Gasteiger partial charge in [0.15, 0.2) is 0 Å². The van der Waals surface area contributed by atoms with Crippen molar-refractivity contribution in [3.63, 3.8) is 0 Å². The van der Waals surface area contributed by atoms with E-state index >= 15 is 0 Å². The summed E-state index contributed by atoms with van der Waals surface area (Å²) < 4.78 is 0. The molecule has 3 heteroatoms. The molecule has 1 fully saturated rings. The molecule has 88 valence electrons. The van der Waals surface area contributed by atoms with E-state index < -0.39 is 0 Å². The van der Waals surface area contributed by atoms with Gasteiger partial charge in [0.25, 0.3) is 0 Å². The molecule has 2 atom stereocenters. The Hall–Kier alpha value is -1.06. The number of hydrogen-bond acceptors (Lipinski definition) is 3. The molecule has 0 saturated heterocycles. The quantitative estimate of drug-likeness (QED) is 0.584. The molecule has 1 saturated carbocycles. The zero-order valence-electron chi connectivity index (χ0n) is 9.89. The number of anilines is 1. The van der Waals surface area contributed by atoms with Crippen molar-refractivity contribution in [2.75, 3.05) is 26.0 Å². The van der Waals surface area contributed by atoms with E-state index in [4.69, 9.17) is 11.5 Å². The highest BCUT2D eigenvalue weighted by Gasteiger charge is 2.37. The van der Waals surface area contributed by atoms with Gasteiger partial charge < -0.3 is 11.5 Å². The Morgan fingerprint density at radius 2 is 2.00 bits per heavy atom. The van der Waals surface area contributed by atoms with Crippen molar-refractivity contribution in [1.82, 2.24) is 4.90 Å². The van der Waals surface area contributed by atoms with Gasteiger partial charge in [0, 0.05) is 12.4 Å². The number of rotatable bonds is 5. The zero-order valence-corrected chi connectivity index (χ0v) is 9.89. The molecule has 16 heavy (non-hydrogen) atoms. The fourth-order valence-electron chi connectivity index (χ4n) is 2.20. The normalized spacial score (nSPS) is 23.7. The molecule has 2 rings (SSSR count). The lowest BCUT2D eigenvalue weighted by Gasteiger charge is -2.12. The highest BCUT2D eigenvalue weighted by Crippen LogP contribution is 2.49. The Bertz CT molecular complexity index is 334. The van der Waals surface area contributed by atoms with E-state index in [0.717, 1.165) is 24.1 Å². The molecule has 1 aliphatic rings. The van der Waals surface area contributed by atoms with Crippen molar-refractivity contribution in [1.29, 1.82) is 0 Å². The van der Waals surface area contributed by atoms with E-state index in [-0.39, 0.29) is 0 Å². The van der Waals surface area contributed by atoms with E-state index in [2.05, 4.69) is 24.1 Å². The van der Waals surface area contributed by atoms with Gasteiger partial charge in [0.05, 0.1) is 0 Å². The van der Waals surface area contributed by atoms with Gasteiger partial charge >= 0.3 is 0 Å². The second kappa shape index (κ2) is 4.85. The Balaban J connectivity index is 1.80. The lowest BCUT2D eigenvalue weighted by atomic mass is 10.1. The molecular formula is C13H21N3. The Kier molecular flexibility index (Phi) is 3.46. The first-order valence-electron chi connectivity index (χ1n) is 5.94. The molecule has 1 unspecified atom stereocenters. The lowest BCUT2D eigenvalue weighted by molar-refractivity contribution is 0.330. The van der Waals surface area contributed by atoms with E-state index in [9.17, 15) is 0 Å². The molecule has 1 aliphatic carbocycles. The summed E-state index contributed by atoms with van der Waals surface area (Å²) in [4.78, 5) is 2.17. The van der Waals surface area contributed by atoms with Crippen LogP contribution in [0.15, 0.2) is 24.3 Å². The monoisotopic (exact) mass is 219 g/mol. The fourth-order valence-corrected chi connectivity index (χ4v) is 2.20. The second-order valence-electron chi connectivity index (χ2n) is 4.82. The third-order valence-corrected chi connectivity index (χ3v) is 3.48. The van der Waals surface area contributed by atoms with Crippen LogP contribution >= 0.6 is 0 Å². The third-order valence-electron chi connectivity index (χ3n) is 3.48. The SMILES string of the molecule is CN(CN)CC[C@@H]1CC1c1ccc(N)cc1. The highest BCUT2D eigenvalue weighted by atomic mass is 15.1. The van der Waals surface area contributed by atoms with Crippen molar-refractivity contribution in [2.24, 2.45) is 11.7 Å². The van der Waals surface area contributed by atoms with Crippen LogP contribution in [0.2, 0.25) is 0 Å². The summed E-state index contributed by atoms with van der Waals surface area (Å²) in [6, 6.07) is 8.31. The lowest BCUT2D eigenvalue weighted by Crippen LogP contribution is -2.26. The summed E-state index contributed by atoms with van der Waals surface area (Å²) in [5.41, 5.74) is 13.5. The van der Waals surface area contributed by atoms with E-state index in [0.29, 0.717) is 6.67 Å². The number of benzene rings is 1.